The smallest absolute Gasteiger partial charge is 0.244 e. The van der Waals surface area contributed by atoms with Gasteiger partial charge >= 0.3 is 0 Å². The molecule has 5 aliphatic rings. The van der Waals surface area contributed by atoms with Crippen LogP contribution in [0.2, 0.25) is 0 Å². The number of hydrogen-bond acceptors (Lipinski definition) is 5. The highest BCUT2D eigenvalue weighted by Crippen LogP contribution is 2.65. The molecular weight excluding hydrogens is 360 g/mol. The van der Waals surface area contributed by atoms with Crippen LogP contribution in [0.15, 0.2) is 30.4 Å². The summed E-state index contributed by atoms with van der Waals surface area (Å²) in [6, 6.07) is 5.05. The average molecular weight is 382 g/mol. The van der Waals surface area contributed by atoms with Crippen LogP contribution in [-0.2, 0) is 14.4 Å². The molecule has 1 aromatic carbocycles. The summed E-state index contributed by atoms with van der Waals surface area (Å²) in [6.45, 7) is -0.278. The fourth-order valence-corrected chi connectivity index (χ4v) is 5.42. The largest absolute Gasteiger partial charge is 0.497 e. The van der Waals surface area contributed by atoms with Gasteiger partial charge in [0.15, 0.2) is 0 Å². The number of likely N-dealkylation sites (tertiary alicyclic amines) is 1. The summed E-state index contributed by atoms with van der Waals surface area (Å²) in [5.74, 6) is 1.03. The Morgan fingerprint density at radius 2 is 1.71 bits per heavy atom. The monoisotopic (exact) mass is 382 g/mol. The van der Waals surface area contributed by atoms with Crippen LogP contribution in [0.3, 0.4) is 0 Å². The molecule has 3 fully saturated rings. The number of amides is 3. The molecule has 6 atom stereocenters. The van der Waals surface area contributed by atoms with Crippen molar-refractivity contribution in [2.75, 3.05) is 26.1 Å². The zero-order valence-corrected chi connectivity index (χ0v) is 15.8. The van der Waals surface area contributed by atoms with Crippen LogP contribution in [0.25, 0.3) is 0 Å². The number of nitrogens with zero attached hydrogens (tertiary/aromatic N) is 1. The highest BCUT2D eigenvalue weighted by molar-refractivity contribution is 6.09. The summed E-state index contributed by atoms with van der Waals surface area (Å²) < 4.78 is 10.4. The van der Waals surface area contributed by atoms with Gasteiger partial charge in [-0.1, -0.05) is 12.2 Å². The van der Waals surface area contributed by atoms with Crippen molar-refractivity contribution in [2.45, 2.75) is 6.42 Å². The maximum Gasteiger partial charge on any atom is 0.244 e. The number of ether oxygens (including phenoxy) is 2. The minimum absolute atomic E-state index is 0.156. The number of imide groups is 1. The van der Waals surface area contributed by atoms with Crippen molar-refractivity contribution in [3.8, 4) is 11.5 Å². The highest BCUT2D eigenvalue weighted by Gasteiger charge is 2.67. The number of allylic oxidation sites excluding steroid dienone is 2. The van der Waals surface area contributed by atoms with Crippen molar-refractivity contribution < 1.29 is 23.9 Å². The molecule has 2 saturated carbocycles. The predicted molar refractivity (Wildman–Crippen MR) is 99.6 cm³/mol. The van der Waals surface area contributed by atoms with E-state index < -0.39 is 5.91 Å². The number of carbonyl (C=O) groups is 3. The first-order valence-corrected chi connectivity index (χ1v) is 9.59. The van der Waals surface area contributed by atoms with Gasteiger partial charge in [-0.25, -0.2) is 0 Å². The van der Waals surface area contributed by atoms with Crippen molar-refractivity contribution in [3.05, 3.63) is 30.4 Å². The Bertz CT molecular complexity index is 874. The Labute approximate surface area is 162 Å². The number of carbonyl (C=O) groups excluding carboxylic acids is 3. The fraction of sp³-hybridized carbons (Fsp3) is 0.476. The fourth-order valence-electron chi connectivity index (χ4n) is 5.42. The molecule has 3 amide bonds. The average Bonchev–Trinajstić information content (AvgIpc) is 3.49. The minimum atomic E-state index is -0.433. The lowest BCUT2D eigenvalue weighted by Crippen LogP contribution is -2.40. The predicted octanol–water partition coefficient (Wildman–Crippen LogP) is 1.70. The Hall–Kier alpha value is -2.83. The molecule has 1 aliphatic heterocycles. The molecule has 6 rings (SSSR count). The second kappa shape index (κ2) is 6.09. The van der Waals surface area contributed by atoms with E-state index in [1.165, 1.54) is 14.2 Å². The van der Waals surface area contributed by atoms with E-state index in [2.05, 4.69) is 17.5 Å². The van der Waals surface area contributed by atoms with E-state index in [9.17, 15) is 14.4 Å². The molecule has 28 heavy (non-hydrogen) atoms. The van der Waals surface area contributed by atoms with E-state index in [-0.39, 0.29) is 42.0 Å². The number of methoxy groups -OCH3 is 2. The molecule has 4 aliphatic carbocycles. The molecule has 7 nitrogen and oxygen atoms in total. The third kappa shape index (κ3) is 2.38. The van der Waals surface area contributed by atoms with Crippen molar-refractivity contribution in [1.82, 2.24) is 4.90 Å². The molecule has 0 unspecified atom stereocenters. The van der Waals surface area contributed by atoms with E-state index in [1.54, 1.807) is 18.2 Å². The van der Waals surface area contributed by atoms with Gasteiger partial charge in [-0.2, -0.15) is 0 Å². The summed E-state index contributed by atoms with van der Waals surface area (Å²) in [4.78, 5) is 39.7. The van der Waals surface area contributed by atoms with Crippen LogP contribution in [-0.4, -0.2) is 43.4 Å². The Balaban J connectivity index is 1.33. The van der Waals surface area contributed by atoms with Gasteiger partial charge in [0.05, 0.1) is 31.7 Å². The summed E-state index contributed by atoms with van der Waals surface area (Å²) in [6.07, 6.45) is 5.36. The lowest BCUT2D eigenvalue weighted by molar-refractivity contribution is -0.142. The quantitative estimate of drug-likeness (QED) is 0.619. The van der Waals surface area contributed by atoms with E-state index in [0.717, 1.165) is 11.3 Å². The van der Waals surface area contributed by atoms with Gasteiger partial charge in [0, 0.05) is 6.07 Å². The molecule has 1 saturated heterocycles. The van der Waals surface area contributed by atoms with Crippen molar-refractivity contribution >= 4 is 23.4 Å². The molecular formula is C21H22N2O5. The van der Waals surface area contributed by atoms with Gasteiger partial charge in [-0.3, -0.25) is 19.3 Å². The third-order valence-electron chi connectivity index (χ3n) is 6.74. The maximum absolute atomic E-state index is 13.0. The van der Waals surface area contributed by atoms with Gasteiger partial charge in [0.1, 0.15) is 18.0 Å². The van der Waals surface area contributed by atoms with Crippen LogP contribution in [0.5, 0.6) is 11.5 Å². The highest BCUT2D eigenvalue weighted by atomic mass is 16.5. The topological polar surface area (TPSA) is 84.9 Å². The Morgan fingerprint density at radius 1 is 1.07 bits per heavy atom. The maximum atomic E-state index is 13.0. The third-order valence-corrected chi connectivity index (χ3v) is 6.74. The van der Waals surface area contributed by atoms with E-state index in [1.807, 2.05) is 0 Å². The van der Waals surface area contributed by atoms with Crippen molar-refractivity contribution in [2.24, 2.45) is 35.5 Å². The van der Waals surface area contributed by atoms with Crippen molar-refractivity contribution in [3.63, 3.8) is 0 Å². The van der Waals surface area contributed by atoms with Crippen LogP contribution in [0, 0.1) is 35.5 Å². The van der Waals surface area contributed by atoms with Crippen LogP contribution >= 0.6 is 0 Å². The Morgan fingerprint density at radius 3 is 2.29 bits per heavy atom. The van der Waals surface area contributed by atoms with Gasteiger partial charge in [-0.05, 0) is 42.2 Å². The first-order chi connectivity index (χ1) is 13.5. The van der Waals surface area contributed by atoms with Crippen LogP contribution < -0.4 is 14.8 Å². The number of benzene rings is 1. The summed E-state index contributed by atoms with van der Waals surface area (Å²) in [5, 5.41) is 2.74. The molecule has 1 aromatic rings. The zero-order chi connectivity index (χ0) is 19.6. The van der Waals surface area contributed by atoms with E-state index >= 15 is 0 Å². The SMILES string of the molecule is COc1ccc(OC)c(NC(=O)CN2C(=O)[C@@H]3[C@@H]4C=C[C@H]([C@H]5C[C@H]45)[C@@H]3C2=O)c1. The van der Waals surface area contributed by atoms with E-state index in [0.29, 0.717) is 29.0 Å². The molecule has 146 valence electrons. The Kier molecular flexibility index (Phi) is 3.76. The molecule has 1 N–H and O–H groups in total. The number of anilines is 1. The van der Waals surface area contributed by atoms with Gasteiger partial charge in [0.25, 0.3) is 0 Å². The van der Waals surface area contributed by atoms with Crippen molar-refractivity contribution in [1.29, 1.82) is 0 Å². The minimum Gasteiger partial charge on any atom is -0.497 e. The molecule has 0 aromatic heterocycles. The number of nitrogens with one attached hydrogen (secondary N) is 1. The molecule has 7 heteroatoms. The molecule has 2 bridgehead atoms. The summed E-state index contributed by atoms with van der Waals surface area (Å²) >= 11 is 0. The lowest BCUT2D eigenvalue weighted by atomic mass is 9.63. The molecule has 1 heterocycles. The normalized spacial score (nSPS) is 34.1. The van der Waals surface area contributed by atoms with Crippen LogP contribution in [0.1, 0.15) is 6.42 Å². The van der Waals surface area contributed by atoms with Gasteiger partial charge < -0.3 is 14.8 Å². The lowest BCUT2D eigenvalue weighted by Gasteiger charge is -2.37. The number of rotatable bonds is 5. The van der Waals surface area contributed by atoms with E-state index in [4.69, 9.17) is 9.47 Å². The van der Waals surface area contributed by atoms with Gasteiger partial charge in [0.2, 0.25) is 17.7 Å². The molecule has 0 radical (unpaired) electrons. The van der Waals surface area contributed by atoms with Crippen LogP contribution in [0.4, 0.5) is 5.69 Å². The number of hydrogen-bond donors (Lipinski definition) is 1. The second-order valence-corrected chi connectivity index (χ2v) is 8.03. The summed E-state index contributed by atoms with van der Waals surface area (Å²) in [5.41, 5.74) is 0.436. The standard InChI is InChI=1S/C21H22N2O5/c1-27-10-3-6-16(28-2)15(7-10)22-17(24)9-23-20(25)18-11-4-5-12(14-8-13(11)14)19(18)21(23)26/h3-7,11-14,18-19H,8-9H2,1-2H3,(H,22,24)/t11-,12-,13-,14-,18-,19+/m1/s1. The first kappa shape index (κ1) is 17.3. The van der Waals surface area contributed by atoms with Gasteiger partial charge in [-0.15, -0.1) is 0 Å². The molecule has 0 spiro atoms. The zero-order valence-electron chi connectivity index (χ0n) is 15.8. The first-order valence-electron chi connectivity index (χ1n) is 9.59. The summed E-state index contributed by atoms with van der Waals surface area (Å²) in [7, 11) is 3.04. The second-order valence-electron chi connectivity index (χ2n) is 8.03.